The molecule has 0 N–H and O–H groups in total. The smallest absolute Gasteiger partial charge is 0.0885 e. The molecule has 1 unspecified atom stereocenters. The minimum Gasteiger partial charge on any atom is -0.501 e. The molecular formula is C15H27NO2. The topological polar surface area (TPSA) is 21.7 Å². The Balaban J connectivity index is 1.88. The number of morpholine rings is 1. The molecule has 1 rings (SSSR count). The van der Waals surface area contributed by atoms with Gasteiger partial charge in [-0.25, -0.2) is 0 Å². The molecule has 18 heavy (non-hydrogen) atoms. The SMILES string of the molecule is C=CC(C)CCC=COCCCN1CCOCC1. The molecule has 1 aliphatic rings. The van der Waals surface area contributed by atoms with Crippen LogP contribution in [0.5, 0.6) is 0 Å². The lowest BCUT2D eigenvalue weighted by atomic mass is 10.1. The monoisotopic (exact) mass is 253 g/mol. The van der Waals surface area contributed by atoms with Crippen molar-refractivity contribution in [3.05, 3.63) is 25.0 Å². The molecule has 0 amide bonds. The number of allylic oxidation sites excluding steroid dienone is 2. The third-order valence-corrected chi connectivity index (χ3v) is 3.22. The molecule has 0 aliphatic carbocycles. The average molecular weight is 253 g/mol. The quantitative estimate of drug-likeness (QED) is 0.358. The lowest BCUT2D eigenvalue weighted by Crippen LogP contribution is -2.37. The number of nitrogens with zero attached hydrogens (tertiary/aromatic N) is 1. The first-order chi connectivity index (χ1) is 8.83. The number of hydrogen-bond acceptors (Lipinski definition) is 3. The minimum absolute atomic E-state index is 0.593. The Bertz CT molecular complexity index is 235. The van der Waals surface area contributed by atoms with Crippen LogP contribution < -0.4 is 0 Å². The third-order valence-electron chi connectivity index (χ3n) is 3.22. The first-order valence-corrected chi connectivity index (χ1v) is 7.02. The van der Waals surface area contributed by atoms with E-state index in [0.717, 1.165) is 58.7 Å². The summed E-state index contributed by atoms with van der Waals surface area (Å²) < 4.78 is 10.8. The standard InChI is InChI=1S/C15H27NO2/c1-3-15(2)7-4-5-11-17-12-6-8-16-9-13-18-14-10-16/h3,5,11,15H,1,4,6-10,12-14H2,2H3. The summed E-state index contributed by atoms with van der Waals surface area (Å²) >= 11 is 0. The van der Waals surface area contributed by atoms with Crippen LogP contribution in [0, 0.1) is 5.92 Å². The average Bonchev–Trinajstić information content (AvgIpc) is 2.42. The van der Waals surface area contributed by atoms with E-state index in [0.29, 0.717) is 5.92 Å². The van der Waals surface area contributed by atoms with Gasteiger partial charge in [-0.1, -0.05) is 13.0 Å². The molecule has 0 radical (unpaired) electrons. The van der Waals surface area contributed by atoms with Crippen molar-refractivity contribution in [3.63, 3.8) is 0 Å². The van der Waals surface area contributed by atoms with Crippen molar-refractivity contribution in [3.8, 4) is 0 Å². The number of hydrogen-bond donors (Lipinski definition) is 0. The second-order valence-corrected chi connectivity index (χ2v) is 4.84. The van der Waals surface area contributed by atoms with Gasteiger partial charge >= 0.3 is 0 Å². The molecule has 0 aromatic heterocycles. The van der Waals surface area contributed by atoms with Gasteiger partial charge in [0, 0.05) is 19.6 Å². The van der Waals surface area contributed by atoms with Crippen molar-refractivity contribution in [1.82, 2.24) is 4.90 Å². The highest BCUT2D eigenvalue weighted by Crippen LogP contribution is 2.06. The maximum absolute atomic E-state index is 5.48. The molecule has 3 heteroatoms. The molecule has 3 nitrogen and oxygen atoms in total. The summed E-state index contributed by atoms with van der Waals surface area (Å²) in [6, 6.07) is 0. The molecule has 104 valence electrons. The van der Waals surface area contributed by atoms with E-state index in [-0.39, 0.29) is 0 Å². The van der Waals surface area contributed by atoms with Crippen molar-refractivity contribution < 1.29 is 9.47 Å². The van der Waals surface area contributed by atoms with E-state index in [4.69, 9.17) is 9.47 Å². The van der Waals surface area contributed by atoms with Crippen molar-refractivity contribution in [2.75, 3.05) is 39.5 Å². The molecule has 0 spiro atoms. The van der Waals surface area contributed by atoms with Crippen LogP contribution in [0.15, 0.2) is 25.0 Å². The highest BCUT2D eigenvalue weighted by Gasteiger charge is 2.08. The van der Waals surface area contributed by atoms with Crippen molar-refractivity contribution in [1.29, 1.82) is 0 Å². The second kappa shape index (κ2) is 10.2. The van der Waals surface area contributed by atoms with Crippen LogP contribution in [0.2, 0.25) is 0 Å². The second-order valence-electron chi connectivity index (χ2n) is 4.84. The molecule has 1 heterocycles. The lowest BCUT2D eigenvalue weighted by Gasteiger charge is -2.26. The van der Waals surface area contributed by atoms with Gasteiger partial charge in [-0.15, -0.1) is 6.58 Å². The Labute approximate surface area is 111 Å². The Morgan fingerprint density at radius 1 is 1.39 bits per heavy atom. The molecule has 0 saturated carbocycles. The first-order valence-electron chi connectivity index (χ1n) is 7.02. The molecule has 1 fully saturated rings. The van der Waals surface area contributed by atoms with Gasteiger partial charge in [0.05, 0.1) is 26.1 Å². The van der Waals surface area contributed by atoms with Gasteiger partial charge in [0.1, 0.15) is 0 Å². The number of rotatable bonds is 9. The van der Waals surface area contributed by atoms with Gasteiger partial charge in [0.15, 0.2) is 0 Å². The van der Waals surface area contributed by atoms with Crippen molar-refractivity contribution in [2.45, 2.75) is 26.2 Å². The summed E-state index contributed by atoms with van der Waals surface area (Å²) in [7, 11) is 0. The van der Waals surface area contributed by atoms with E-state index in [1.165, 1.54) is 0 Å². The van der Waals surface area contributed by atoms with Crippen molar-refractivity contribution >= 4 is 0 Å². The van der Waals surface area contributed by atoms with Crippen LogP contribution in [0.1, 0.15) is 26.2 Å². The van der Waals surface area contributed by atoms with Gasteiger partial charge in [0.25, 0.3) is 0 Å². The Kier molecular flexibility index (Phi) is 8.61. The maximum atomic E-state index is 5.48. The van der Waals surface area contributed by atoms with Gasteiger partial charge < -0.3 is 9.47 Å². The minimum atomic E-state index is 0.593. The summed E-state index contributed by atoms with van der Waals surface area (Å²) in [4.78, 5) is 2.43. The summed E-state index contributed by atoms with van der Waals surface area (Å²) in [5.41, 5.74) is 0. The maximum Gasteiger partial charge on any atom is 0.0885 e. The van der Waals surface area contributed by atoms with E-state index in [1.807, 2.05) is 12.3 Å². The van der Waals surface area contributed by atoms with Crippen LogP contribution in [0.25, 0.3) is 0 Å². The van der Waals surface area contributed by atoms with Crippen LogP contribution in [-0.4, -0.2) is 44.4 Å². The Morgan fingerprint density at radius 3 is 2.89 bits per heavy atom. The zero-order chi connectivity index (χ0) is 13.1. The molecule has 1 saturated heterocycles. The van der Waals surface area contributed by atoms with Crippen molar-refractivity contribution in [2.24, 2.45) is 5.92 Å². The molecule has 0 bridgehead atoms. The molecule has 0 aromatic rings. The fourth-order valence-electron chi connectivity index (χ4n) is 1.88. The van der Waals surface area contributed by atoms with Crippen LogP contribution in [-0.2, 0) is 9.47 Å². The number of ether oxygens (including phenoxy) is 2. The normalized spacial score (nSPS) is 18.9. The Hall–Kier alpha value is -0.800. The van der Waals surface area contributed by atoms with Gasteiger partial charge in [0.2, 0.25) is 0 Å². The van der Waals surface area contributed by atoms with E-state index in [9.17, 15) is 0 Å². The fourth-order valence-corrected chi connectivity index (χ4v) is 1.88. The van der Waals surface area contributed by atoms with Crippen LogP contribution >= 0.6 is 0 Å². The molecule has 0 aromatic carbocycles. The zero-order valence-electron chi connectivity index (χ0n) is 11.6. The van der Waals surface area contributed by atoms with Gasteiger partial charge in [-0.3, -0.25) is 4.90 Å². The zero-order valence-corrected chi connectivity index (χ0v) is 11.6. The predicted molar refractivity (Wildman–Crippen MR) is 75.6 cm³/mol. The molecule has 1 aliphatic heterocycles. The largest absolute Gasteiger partial charge is 0.501 e. The lowest BCUT2D eigenvalue weighted by molar-refractivity contribution is 0.0349. The van der Waals surface area contributed by atoms with E-state index < -0.39 is 0 Å². The van der Waals surface area contributed by atoms with Crippen LogP contribution in [0.3, 0.4) is 0 Å². The highest BCUT2D eigenvalue weighted by molar-refractivity contribution is 4.80. The van der Waals surface area contributed by atoms with E-state index >= 15 is 0 Å². The summed E-state index contributed by atoms with van der Waals surface area (Å²) in [5, 5.41) is 0. The summed E-state index contributed by atoms with van der Waals surface area (Å²) in [5.74, 6) is 0.593. The summed E-state index contributed by atoms with van der Waals surface area (Å²) in [6.45, 7) is 11.8. The van der Waals surface area contributed by atoms with Gasteiger partial charge in [-0.2, -0.15) is 0 Å². The Morgan fingerprint density at radius 2 is 2.17 bits per heavy atom. The molecule has 1 atom stereocenters. The van der Waals surface area contributed by atoms with E-state index in [1.54, 1.807) is 0 Å². The highest BCUT2D eigenvalue weighted by atomic mass is 16.5. The van der Waals surface area contributed by atoms with E-state index in [2.05, 4.69) is 24.5 Å². The predicted octanol–water partition coefficient (Wildman–Crippen LogP) is 2.84. The first kappa shape index (κ1) is 15.3. The fraction of sp³-hybridized carbons (Fsp3) is 0.733. The third kappa shape index (κ3) is 7.51. The van der Waals surface area contributed by atoms with Gasteiger partial charge in [-0.05, 0) is 31.3 Å². The molecular weight excluding hydrogens is 226 g/mol. The summed E-state index contributed by atoms with van der Waals surface area (Å²) in [6.07, 6.45) is 9.25. The van der Waals surface area contributed by atoms with Crippen LogP contribution in [0.4, 0.5) is 0 Å².